The fourth-order valence-electron chi connectivity index (χ4n) is 8.57. The van der Waals surface area contributed by atoms with E-state index < -0.39 is 6.10 Å². The van der Waals surface area contributed by atoms with E-state index in [1.165, 1.54) is 193 Å². The highest BCUT2D eigenvalue weighted by molar-refractivity contribution is 5.71. The molecule has 67 heavy (non-hydrogen) atoms. The number of allylic oxidation sites excluding steroid dienone is 8. The standard InChI is InChI=1S/C61H110O6/c1-4-7-10-13-16-19-22-25-27-29-30-32-33-36-39-42-45-48-51-54-60(63)66-57-58(56-65-59(62)53-50-47-44-41-38-35-24-21-18-15-12-9-6-3)67-61(64)55-52-49-46-43-40-37-34-31-28-26-23-20-17-14-11-8-5-2/h9,12,15,18,21,24,35,38,58H,4-8,10-11,13-14,16-17,19-20,22-23,25-34,36-37,39-57H2,1-3H3/b12-9-,18-15-,24-21-,38-35-. The second kappa shape index (κ2) is 56.0. The Labute approximate surface area is 416 Å². The van der Waals surface area contributed by atoms with Crippen molar-refractivity contribution in [1.82, 2.24) is 0 Å². The van der Waals surface area contributed by atoms with Crippen LogP contribution in [0.4, 0.5) is 0 Å². The van der Waals surface area contributed by atoms with Crippen LogP contribution in [0.1, 0.15) is 303 Å². The van der Waals surface area contributed by atoms with Crippen LogP contribution in [0.15, 0.2) is 48.6 Å². The van der Waals surface area contributed by atoms with E-state index in [1.54, 1.807) is 0 Å². The fourth-order valence-corrected chi connectivity index (χ4v) is 8.57. The van der Waals surface area contributed by atoms with E-state index >= 15 is 0 Å². The van der Waals surface area contributed by atoms with Gasteiger partial charge in [-0.25, -0.2) is 0 Å². The molecule has 0 aromatic carbocycles. The van der Waals surface area contributed by atoms with Gasteiger partial charge in [0.05, 0.1) is 0 Å². The average molecular weight is 940 g/mol. The highest BCUT2D eigenvalue weighted by Gasteiger charge is 2.19. The van der Waals surface area contributed by atoms with Crippen molar-refractivity contribution < 1.29 is 28.6 Å². The Morgan fingerprint density at radius 2 is 0.582 bits per heavy atom. The molecular formula is C61H110O6. The molecule has 0 aliphatic rings. The van der Waals surface area contributed by atoms with Gasteiger partial charge in [-0.2, -0.15) is 0 Å². The lowest BCUT2D eigenvalue weighted by molar-refractivity contribution is -0.167. The number of rotatable bonds is 53. The number of esters is 3. The summed E-state index contributed by atoms with van der Waals surface area (Å²) < 4.78 is 16.8. The van der Waals surface area contributed by atoms with Gasteiger partial charge in [-0.3, -0.25) is 14.4 Å². The molecule has 0 N–H and O–H groups in total. The van der Waals surface area contributed by atoms with E-state index in [0.29, 0.717) is 19.3 Å². The molecule has 0 saturated carbocycles. The molecule has 0 aromatic heterocycles. The highest BCUT2D eigenvalue weighted by atomic mass is 16.6. The van der Waals surface area contributed by atoms with Crippen LogP contribution in [-0.2, 0) is 28.6 Å². The summed E-state index contributed by atoms with van der Waals surface area (Å²) in [6.45, 7) is 6.51. The number of hydrogen-bond acceptors (Lipinski definition) is 6. The predicted molar refractivity (Wildman–Crippen MR) is 289 cm³/mol. The van der Waals surface area contributed by atoms with Crippen molar-refractivity contribution in [2.45, 2.75) is 309 Å². The van der Waals surface area contributed by atoms with Gasteiger partial charge in [-0.15, -0.1) is 0 Å². The van der Waals surface area contributed by atoms with Crippen LogP contribution in [0.2, 0.25) is 0 Å². The first-order valence-electron chi connectivity index (χ1n) is 29.2. The second-order valence-corrected chi connectivity index (χ2v) is 19.6. The highest BCUT2D eigenvalue weighted by Crippen LogP contribution is 2.17. The number of hydrogen-bond donors (Lipinski definition) is 0. The molecule has 0 fully saturated rings. The summed E-state index contributed by atoms with van der Waals surface area (Å²) in [4.78, 5) is 38.1. The van der Waals surface area contributed by atoms with E-state index in [0.717, 1.165) is 70.6 Å². The molecule has 6 nitrogen and oxygen atoms in total. The quantitative estimate of drug-likeness (QED) is 0.0262. The fraction of sp³-hybridized carbons (Fsp3) is 0.820. The summed E-state index contributed by atoms with van der Waals surface area (Å²) in [7, 11) is 0. The maximum atomic E-state index is 12.9. The summed E-state index contributed by atoms with van der Waals surface area (Å²) in [5, 5.41) is 0. The first-order valence-corrected chi connectivity index (χ1v) is 29.2. The minimum absolute atomic E-state index is 0.0813. The molecule has 0 amide bonds. The van der Waals surface area contributed by atoms with Crippen LogP contribution in [0.3, 0.4) is 0 Å². The number of ether oxygens (including phenoxy) is 3. The number of carbonyl (C=O) groups is 3. The summed E-state index contributed by atoms with van der Waals surface area (Å²) in [6.07, 6.45) is 68.2. The molecule has 0 aliphatic carbocycles. The molecule has 0 saturated heterocycles. The van der Waals surface area contributed by atoms with Gasteiger partial charge < -0.3 is 14.2 Å². The summed E-state index contributed by atoms with van der Waals surface area (Å²) >= 11 is 0. The van der Waals surface area contributed by atoms with Crippen molar-refractivity contribution in [2.75, 3.05) is 13.2 Å². The molecule has 0 heterocycles. The normalized spacial score (nSPS) is 12.3. The van der Waals surface area contributed by atoms with E-state index in [9.17, 15) is 14.4 Å². The van der Waals surface area contributed by atoms with Crippen molar-refractivity contribution in [2.24, 2.45) is 0 Å². The zero-order chi connectivity index (χ0) is 48.6. The molecule has 1 unspecified atom stereocenters. The molecule has 0 aliphatic heterocycles. The van der Waals surface area contributed by atoms with Gasteiger partial charge in [-0.1, -0.05) is 294 Å². The average Bonchev–Trinajstić information content (AvgIpc) is 3.33. The van der Waals surface area contributed by atoms with Crippen molar-refractivity contribution >= 4 is 17.9 Å². The van der Waals surface area contributed by atoms with Gasteiger partial charge in [0.1, 0.15) is 13.2 Å². The van der Waals surface area contributed by atoms with E-state index in [1.807, 2.05) is 30.4 Å². The van der Waals surface area contributed by atoms with Crippen LogP contribution < -0.4 is 0 Å². The van der Waals surface area contributed by atoms with E-state index in [-0.39, 0.29) is 31.1 Å². The molecule has 0 aromatic rings. The van der Waals surface area contributed by atoms with Crippen LogP contribution >= 0.6 is 0 Å². The lowest BCUT2D eigenvalue weighted by atomic mass is 10.0. The molecule has 0 bridgehead atoms. The van der Waals surface area contributed by atoms with Crippen molar-refractivity contribution in [1.29, 1.82) is 0 Å². The molecule has 1 atom stereocenters. The molecule has 390 valence electrons. The van der Waals surface area contributed by atoms with Crippen molar-refractivity contribution in [3.8, 4) is 0 Å². The Balaban J connectivity index is 4.34. The SMILES string of the molecule is CC\C=C/C=C\C=C/C=C\CCCCCC(=O)OCC(COC(=O)CCCCCCCCCCCCCCCCCCCCC)OC(=O)CCCCCCCCCCCCCCCCCCC. The zero-order valence-electron chi connectivity index (χ0n) is 44.7. The van der Waals surface area contributed by atoms with Crippen LogP contribution in [0.5, 0.6) is 0 Å². The summed E-state index contributed by atoms with van der Waals surface area (Å²) in [6, 6.07) is 0. The monoisotopic (exact) mass is 939 g/mol. The Kier molecular flexibility index (Phi) is 53.8. The first-order chi connectivity index (χ1) is 33.0. The third-order valence-corrected chi connectivity index (χ3v) is 12.9. The smallest absolute Gasteiger partial charge is 0.306 e. The Hall–Kier alpha value is -2.63. The molecule has 6 heteroatoms. The topological polar surface area (TPSA) is 78.9 Å². The second-order valence-electron chi connectivity index (χ2n) is 19.6. The van der Waals surface area contributed by atoms with E-state index in [2.05, 4.69) is 39.0 Å². The van der Waals surface area contributed by atoms with Gasteiger partial charge >= 0.3 is 17.9 Å². The van der Waals surface area contributed by atoms with E-state index in [4.69, 9.17) is 14.2 Å². The van der Waals surface area contributed by atoms with Crippen LogP contribution in [-0.4, -0.2) is 37.2 Å². The minimum Gasteiger partial charge on any atom is -0.462 e. The molecule has 0 spiro atoms. The molecular weight excluding hydrogens is 829 g/mol. The molecule has 0 rings (SSSR count). The van der Waals surface area contributed by atoms with Gasteiger partial charge in [0, 0.05) is 19.3 Å². The van der Waals surface area contributed by atoms with Crippen molar-refractivity contribution in [3.63, 3.8) is 0 Å². The largest absolute Gasteiger partial charge is 0.462 e. The van der Waals surface area contributed by atoms with Crippen LogP contribution in [0, 0.1) is 0 Å². The third kappa shape index (κ3) is 54.2. The van der Waals surface area contributed by atoms with Crippen LogP contribution in [0.25, 0.3) is 0 Å². The van der Waals surface area contributed by atoms with Gasteiger partial charge in [-0.05, 0) is 38.5 Å². The summed E-state index contributed by atoms with van der Waals surface area (Å²) in [5.74, 6) is -0.904. The predicted octanol–water partition coefficient (Wildman–Crippen LogP) is 19.4. The number of unbranched alkanes of at least 4 members (excludes halogenated alkanes) is 37. The van der Waals surface area contributed by atoms with Gasteiger partial charge in [0.2, 0.25) is 0 Å². The zero-order valence-corrected chi connectivity index (χ0v) is 44.7. The Bertz CT molecular complexity index is 1170. The first kappa shape index (κ1) is 64.4. The lowest BCUT2D eigenvalue weighted by Gasteiger charge is -2.18. The minimum atomic E-state index is -0.785. The Morgan fingerprint density at radius 3 is 0.910 bits per heavy atom. The molecule has 0 radical (unpaired) electrons. The Morgan fingerprint density at radius 1 is 0.313 bits per heavy atom. The maximum absolute atomic E-state index is 12.9. The number of carbonyl (C=O) groups excluding carboxylic acids is 3. The lowest BCUT2D eigenvalue weighted by Crippen LogP contribution is -2.30. The van der Waals surface area contributed by atoms with Crippen molar-refractivity contribution in [3.05, 3.63) is 48.6 Å². The van der Waals surface area contributed by atoms with Gasteiger partial charge in [0.25, 0.3) is 0 Å². The van der Waals surface area contributed by atoms with Gasteiger partial charge in [0.15, 0.2) is 6.10 Å². The third-order valence-electron chi connectivity index (χ3n) is 12.9. The summed E-state index contributed by atoms with van der Waals surface area (Å²) in [5.41, 5.74) is 0. The maximum Gasteiger partial charge on any atom is 0.306 e.